The molecule has 0 saturated carbocycles. The highest BCUT2D eigenvalue weighted by Crippen LogP contribution is 2.36. The number of anilines is 1. The molecule has 0 amide bonds. The molecular formula is C32H37F2N3O4. The Morgan fingerprint density at radius 3 is 2.46 bits per heavy atom. The van der Waals surface area contributed by atoms with Gasteiger partial charge in [0.2, 0.25) is 0 Å². The fraction of sp³-hybridized carbons (Fsp3) is 0.438. The highest BCUT2D eigenvalue weighted by molar-refractivity contribution is 5.73. The lowest BCUT2D eigenvalue weighted by Crippen LogP contribution is -2.36. The summed E-state index contributed by atoms with van der Waals surface area (Å²) < 4.78 is 35.5. The van der Waals surface area contributed by atoms with Gasteiger partial charge in [-0.15, -0.1) is 0 Å². The molecule has 5 rings (SSSR count). The van der Waals surface area contributed by atoms with Crippen molar-refractivity contribution in [3.63, 3.8) is 0 Å². The molecule has 2 saturated heterocycles. The van der Waals surface area contributed by atoms with E-state index in [1.54, 1.807) is 18.3 Å². The molecule has 2 aromatic carbocycles. The van der Waals surface area contributed by atoms with Crippen molar-refractivity contribution < 1.29 is 28.5 Å². The molecule has 218 valence electrons. The van der Waals surface area contributed by atoms with Crippen LogP contribution in [0.1, 0.15) is 48.3 Å². The topological polar surface area (TPSA) is 86.1 Å². The number of halogens is 2. The molecule has 7 nitrogen and oxygen atoms in total. The lowest BCUT2D eigenvalue weighted by Gasteiger charge is -2.32. The second-order valence-electron chi connectivity index (χ2n) is 11.1. The van der Waals surface area contributed by atoms with Crippen LogP contribution in [0.5, 0.6) is 5.75 Å². The molecule has 0 radical (unpaired) electrons. The summed E-state index contributed by atoms with van der Waals surface area (Å²) in [5.41, 5.74) is 4.14. The van der Waals surface area contributed by atoms with Crippen molar-refractivity contribution in [1.29, 1.82) is 0 Å². The smallest absolute Gasteiger partial charge is 0.306 e. The molecule has 0 spiro atoms. The van der Waals surface area contributed by atoms with Crippen molar-refractivity contribution >= 4 is 11.8 Å². The Morgan fingerprint density at radius 1 is 1.02 bits per heavy atom. The number of carbonyl (C=O) groups is 1. The highest BCUT2D eigenvalue weighted by atomic mass is 19.1. The maximum absolute atomic E-state index is 15.1. The van der Waals surface area contributed by atoms with Gasteiger partial charge in [0.1, 0.15) is 18.2 Å². The Balaban J connectivity index is 1.31. The van der Waals surface area contributed by atoms with E-state index in [4.69, 9.17) is 4.74 Å². The van der Waals surface area contributed by atoms with Gasteiger partial charge in [0.05, 0.1) is 12.5 Å². The number of aliphatic hydroxyl groups excluding tert-OH is 1. The summed E-state index contributed by atoms with van der Waals surface area (Å²) in [6.45, 7) is 6.10. The van der Waals surface area contributed by atoms with Gasteiger partial charge in [-0.1, -0.05) is 18.2 Å². The number of rotatable bonds is 9. The van der Waals surface area contributed by atoms with Crippen molar-refractivity contribution in [2.45, 2.75) is 45.1 Å². The molecule has 2 fully saturated rings. The summed E-state index contributed by atoms with van der Waals surface area (Å²) in [7, 11) is 0. The van der Waals surface area contributed by atoms with Crippen LogP contribution in [0.4, 0.5) is 14.6 Å². The average Bonchev–Trinajstić information content (AvgIpc) is 2.97. The first-order chi connectivity index (χ1) is 19.8. The first-order valence-corrected chi connectivity index (χ1v) is 14.3. The van der Waals surface area contributed by atoms with Crippen molar-refractivity contribution in [2.24, 2.45) is 5.92 Å². The lowest BCUT2D eigenvalue weighted by atomic mass is 9.88. The molecule has 1 aromatic heterocycles. The first kappa shape index (κ1) is 29.0. The van der Waals surface area contributed by atoms with Gasteiger partial charge in [0, 0.05) is 37.5 Å². The number of β-amino-alcohol motifs (C(OH)–C–C–N with tert-alkyl or cyclic N) is 1. The van der Waals surface area contributed by atoms with E-state index >= 15 is 4.39 Å². The Hall–Kier alpha value is -3.56. The minimum absolute atomic E-state index is 0.0205. The fourth-order valence-corrected chi connectivity index (χ4v) is 5.95. The van der Waals surface area contributed by atoms with Crippen LogP contribution in [0.3, 0.4) is 0 Å². The Kier molecular flexibility index (Phi) is 9.15. The molecule has 2 aliphatic rings. The third kappa shape index (κ3) is 6.85. The monoisotopic (exact) mass is 565 g/mol. The lowest BCUT2D eigenvalue weighted by molar-refractivity contribution is -0.142. The normalized spacial score (nSPS) is 17.1. The summed E-state index contributed by atoms with van der Waals surface area (Å²) in [6.07, 6.45) is 4.73. The number of carboxylic acids is 1. The van der Waals surface area contributed by atoms with E-state index in [0.29, 0.717) is 48.8 Å². The van der Waals surface area contributed by atoms with Gasteiger partial charge in [-0.25, -0.2) is 13.8 Å². The number of aliphatic hydroxyl groups is 1. The van der Waals surface area contributed by atoms with Crippen LogP contribution in [0.25, 0.3) is 11.1 Å². The molecule has 0 unspecified atom stereocenters. The van der Waals surface area contributed by atoms with E-state index in [2.05, 4.69) is 22.0 Å². The number of nitrogens with zero attached hydrogens (tertiary/aromatic N) is 3. The van der Waals surface area contributed by atoms with Crippen molar-refractivity contribution in [2.75, 3.05) is 44.2 Å². The maximum atomic E-state index is 15.1. The number of pyridine rings is 1. The van der Waals surface area contributed by atoms with E-state index in [0.717, 1.165) is 49.7 Å². The van der Waals surface area contributed by atoms with Crippen LogP contribution >= 0.6 is 0 Å². The van der Waals surface area contributed by atoms with Crippen LogP contribution in [0.15, 0.2) is 48.7 Å². The number of piperidine rings is 2. The molecule has 0 bridgehead atoms. The van der Waals surface area contributed by atoms with Gasteiger partial charge in [-0.3, -0.25) is 4.79 Å². The number of aromatic nitrogens is 1. The van der Waals surface area contributed by atoms with Crippen molar-refractivity contribution in [1.82, 2.24) is 9.88 Å². The summed E-state index contributed by atoms with van der Waals surface area (Å²) >= 11 is 0. The van der Waals surface area contributed by atoms with Crippen molar-refractivity contribution in [3.05, 3.63) is 77.0 Å². The number of ether oxygens (including phenoxy) is 1. The maximum Gasteiger partial charge on any atom is 0.306 e. The molecule has 0 aliphatic carbocycles. The molecule has 3 aromatic rings. The van der Waals surface area contributed by atoms with Gasteiger partial charge in [-0.2, -0.15) is 0 Å². The average molecular weight is 566 g/mol. The first-order valence-electron chi connectivity index (χ1n) is 14.3. The number of aryl methyl sites for hydroxylation is 1. The molecule has 2 N–H and O–H groups in total. The minimum atomic E-state index is -0.784. The predicted molar refractivity (Wildman–Crippen MR) is 153 cm³/mol. The zero-order valence-electron chi connectivity index (χ0n) is 23.4. The predicted octanol–water partition coefficient (Wildman–Crippen LogP) is 5.39. The Morgan fingerprint density at radius 2 is 1.78 bits per heavy atom. The van der Waals surface area contributed by atoms with E-state index < -0.39 is 17.6 Å². The minimum Gasteiger partial charge on any atom is -0.485 e. The summed E-state index contributed by atoms with van der Waals surface area (Å²) in [4.78, 5) is 20.0. The number of aliphatic carboxylic acids is 1. The van der Waals surface area contributed by atoms with Gasteiger partial charge >= 0.3 is 5.97 Å². The highest BCUT2D eigenvalue weighted by Gasteiger charge is 2.26. The second-order valence-corrected chi connectivity index (χ2v) is 11.1. The number of carboxylic acid groups (broad SMARTS) is 1. The van der Waals surface area contributed by atoms with Crippen LogP contribution in [-0.4, -0.2) is 65.4 Å². The van der Waals surface area contributed by atoms with Gasteiger partial charge in [0.15, 0.2) is 11.6 Å². The van der Waals surface area contributed by atoms with Crippen LogP contribution in [0, 0.1) is 24.5 Å². The number of likely N-dealkylation sites (tertiary alicyclic amines) is 1. The molecule has 3 heterocycles. The van der Waals surface area contributed by atoms with Crippen LogP contribution < -0.4 is 9.64 Å². The molecular weight excluding hydrogens is 528 g/mol. The van der Waals surface area contributed by atoms with Crippen LogP contribution in [-0.2, 0) is 11.4 Å². The third-order valence-electron chi connectivity index (χ3n) is 8.45. The zero-order valence-corrected chi connectivity index (χ0v) is 23.4. The summed E-state index contributed by atoms with van der Waals surface area (Å²) in [5, 5.41) is 18.5. The summed E-state index contributed by atoms with van der Waals surface area (Å²) in [6, 6.07) is 11.9. The Bertz CT molecular complexity index is 1370. The number of hydrogen-bond donors (Lipinski definition) is 2. The van der Waals surface area contributed by atoms with E-state index in [-0.39, 0.29) is 24.9 Å². The SMILES string of the molecule is Cc1cc(C2CCN(CCO)CC2)ccc1COc1c(F)cc(F)cc1-c1ccnc(N2CCC(C(=O)O)CC2)c1. The summed E-state index contributed by atoms with van der Waals surface area (Å²) in [5.74, 6) is -1.54. The largest absolute Gasteiger partial charge is 0.485 e. The zero-order chi connectivity index (χ0) is 28.9. The van der Waals surface area contributed by atoms with E-state index in [1.807, 2.05) is 17.9 Å². The van der Waals surface area contributed by atoms with Crippen LogP contribution in [0.2, 0.25) is 0 Å². The van der Waals surface area contributed by atoms with Gasteiger partial charge < -0.3 is 24.7 Å². The van der Waals surface area contributed by atoms with E-state index in [1.165, 1.54) is 11.6 Å². The molecule has 0 atom stereocenters. The quantitative estimate of drug-likeness (QED) is 0.360. The Labute approximate surface area is 239 Å². The molecule has 9 heteroatoms. The van der Waals surface area contributed by atoms with E-state index in [9.17, 15) is 19.4 Å². The fourth-order valence-electron chi connectivity index (χ4n) is 5.95. The number of hydrogen-bond acceptors (Lipinski definition) is 6. The van der Waals surface area contributed by atoms with Gasteiger partial charge in [-0.05, 0) is 92.1 Å². The van der Waals surface area contributed by atoms with Crippen molar-refractivity contribution in [3.8, 4) is 16.9 Å². The molecule has 2 aliphatic heterocycles. The van der Waals surface area contributed by atoms with Gasteiger partial charge in [0.25, 0.3) is 0 Å². The third-order valence-corrected chi connectivity index (χ3v) is 8.45. The standard InChI is InChI=1S/C32H37F2N3O4/c1-21-16-24(22-5-10-36(11-6-22)14-15-38)2-3-26(21)20-41-31-28(18-27(33)19-29(31)34)25-4-9-35-30(17-25)37-12-7-23(8-13-37)32(39)40/h2-4,9,16-19,22-23,38H,5-8,10-15,20H2,1H3,(H,39,40). The number of benzene rings is 2. The molecule has 41 heavy (non-hydrogen) atoms. The second kappa shape index (κ2) is 13.0.